The normalized spacial score (nSPS) is 17.0. The molecule has 2 aromatic carbocycles. The van der Waals surface area contributed by atoms with Gasteiger partial charge >= 0.3 is 0 Å². The van der Waals surface area contributed by atoms with Gasteiger partial charge in [-0.3, -0.25) is 19.6 Å². The Morgan fingerprint density at radius 3 is 2.68 bits per heavy atom. The van der Waals surface area contributed by atoms with Gasteiger partial charge in [-0.25, -0.2) is 0 Å². The van der Waals surface area contributed by atoms with Crippen LogP contribution < -0.4 is 15.0 Å². The highest BCUT2D eigenvalue weighted by molar-refractivity contribution is 6.35. The van der Waals surface area contributed by atoms with Crippen molar-refractivity contribution in [3.8, 4) is 17.0 Å². The molecule has 0 bridgehead atoms. The number of hydrogen-bond acceptors (Lipinski definition) is 6. The SMILES string of the molecule is O=C1CCN(c2c(C(=O)N[C@H]3CCOc4ccccc43)cnc3c(-c4cc(Cl)cc(Cl)c4)nccc23)C1. The Balaban J connectivity index is 1.46. The molecule has 1 fully saturated rings. The first-order chi connectivity index (χ1) is 18.0. The molecule has 1 amide bonds. The number of amides is 1. The minimum absolute atomic E-state index is 0.130. The van der Waals surface area contributed by atoms with Crippen LogP contribution in [0.4, 0.5) is 5.69 Å². The van der Waals surface area contributed by atoms with E-state index in [0.29, 0.717) is 58.5 Å². The number of anilines is 1. The van der Waals surface area contributed by atoms with Crippen LogP contribution in [0.25, 0.3) is 22.2 Å². The Morgan fingerprint density at radius 1 is 1.08 bits per heavy atom. The van der Waals surface area contributed by atoms with E-state index in [0.717, 1.165) is 22.3 Å². The molecular weight excluding hydrogens is 511 g/mol. The van der Waals surface area contributed by atoms with Crippen molar-refractivity contribution in [1.29, 1.82) is 0 Å². The third-order valence-corrected chi connectivity index (χ3v) is 7.18. The zero-order valence-electron chi connectivity index (χ0n) is 19.7. The minimum Gasteiger partial charge on any atom is -0.493 e. The van der Waals surface area contributed by atoms with Crippen molar-refractivity contribution < 1.29 is 14.3 Å². The number of halogens is 2. The minimum atomic E-state index is -0.255. The lowest BCUT2D eigenvalue weighted by Gasteiger charge is -2.28. The van der Waals surface area contributed by atoms with E-state index in [1.807, 2.05) is 35.2 Å². The summed E-state index contributed by atoms with van der Waals surface area (Å²) in [6.07, 6.45) is 4.33. The van der Waals surface area contributed by atoms with Gasteiger partial charge < -0.3 is 15.0 Å². The van der Waals surface area contributed by atoms with Gasteiger partial charge in [0.2, 0.25) is 0 Å². The van der Waals surface area contributed by atoms with Gasteiger partial charge in [-0.15, -0.1) is 0 Å². The van der Waals surface area contributed by atoms with Gasteiger partial charge in [0.15, 0.2) is 5.78 Å². The first kappa shape index (κ1) is 23.7. The number of ether oxygens (including phenoxy) is 1. The van der Waals surface area contributed by atoms with Crippen molar-refractivity contribution in [3.05, 3.63) is 82.1 Å². The second-order valence-electron chi connectivity index (χ2n) is 9.15. The van der Waals surface area contributed by atoms with Gasteiger partial charge in [0.05, 0.1) is 41.7 Å². The zero-order chi connectivity index (χ0) is 25.5. The number of nitrogens with one attached hydrogen (secondary N) is 1. The first-order valence-electron chi connectivity index (χ1n) is 12.0. The van der Waals surface area contributed by atoms with Crippen LogP contribution in [0.1, 0.15) is 34.8 Å². The van der Waals surface area contributed by atoms with Crippen LogP contribution in [0.5, 0.6) is 5.75 Å². The number of Topliss-reactive ketones (excluding diaryl/α,β-unsaturated/α-hetero) is 1. The Kier molecular flexibility index (Phi) is 6.18. The van der Waals surface area contributed by atoms with E-state index in [4.69, 9.17) is 27.9 Å². The van der Waals surface area contributed by atoms with Crippen molar-refractivity contribution in [2.24, 2.45) is 0 Å². The second-order valence-corrected chi connectivity index (χ2v) is 10.0. The Morgan fingerprint density at radius 2 is 1.89 bits per heavy atom. The quantitative estimate of drug-likeness (QED) is 0.366. The molecule has 186 valence electrons. The molecule has 2 aliphatic rings. The summed E-state index contributed by atoms with van der Waals surface area (Å²) >= 11 is 12.5. The maximum absolute atomic E-state index is 13.7. The third kappa shape index (κ3) is 4.49. The van der Waals surface area contributed by atoms with Crippen LogP contribution in [-0.4, -0.2) is 41.4 Å². The van der Waals surface area contributed by atoms with E-state index in [2.05, 4.69) is 15.3 Å². The van der Waals surface area contributed by atoms with Gasteiger partial charge in [-0.2, -0.15) is 0 Å². The molecule has 37 heavy (non-hydrogen) atoms. The van der Waals surface area contributed by atoms with Crippen LogP contribution in [0.2, 0.25) is 10.0 Å². The lowest BCUT2D eigenvalue weighted by atomic mass is 9.99. The van der Waals surface area contributed by atoms with Gasteiger partial charge in [0.1, 0.15) is 5.75 Å². The monoisotopic (exact) mass is 532 g/mol. The van der Waals surface area contributed by atoms with Crippen molar-refractivity contribution >= 4 is 51.5 Å². The standard InChI is InChI=1S/C28H22Cl2N4O3/c29-17-11-16(12-18(30)13-17)25-26-21(5-8-31-25)27(34-9-6-19(35)15-34)22(14-32-26)28(36)33-23-7-10-37-24-4-2-1-3-20(23)24/h1-5,8,11-14,23H,6-7,9-10,15H2,(H,33,36)/t23-/m0/s1. The highest BCUT2D eigenvalue weighted by Crippen LogP contribution is 2.37. The van der Waals surface area contributed by atoms with Crippen molar-refractivity contribution in [2.75, 3.05) is 24.6 Å². The largest absolute Gasteiger partial charge is 0.493 e. The fraction of sp³-hybridized carbons (Fsp3) is 0.214. The number of benzene rings is 2. The summed E-state index contributed by atoms with van der Waals surface area (Å²) in [5.41, 5.74) is 3.94. The number of hydrogen-bond donors (Lipinski definition) is 1. The topological polar surface area (TPSA) is 84.4 Å². The van der Waals surface area contributed by atoms with Gasteiger partial charge in [0, 0.05) is 58.3 Å². The van der Waals surface area contributed by atoms with Crippen LogP contribution in [0.15, 0.2) is 60.9 Å². The summed E-state index contributed by atoms with van der Waals surface area (Å²) in [6.45, 7) is 1.28. The lowest BCUT2D eigenvalue weighted by molar-refractivity contribution is -0.116. The average molecular weight is 533 g/mol. The summed E-state index contributed by atoms with van der Waals surface area (Å²) < 4.78 is 5.75. The third-order valence-electron chi connectivity index (χ3n) is 6.75. The van der Waals surface area contributed by atoms with E-state index in [-0.39, 0.29) is 24.3 Å². The fourth-order valence-corrected chi connectivity index (χ4v) is 5.60. The van der Waals surface area contributed by atoms with E-state index < -0.39 is 0 Å². The number of nitrogens with zero attached hydrogens (tertiary/aromatic N) is 3. The van der Waals surface area contributed by atoms with Crippen LogP contribution in [-0.2, 0) is 4.79 Å². The number of pyridine rings is 2. The van der Waals surface area contributed by atoms with Gasteiger partial charge in [-0.1, -0.05) is 41.4 Å². The number of rotatable bonds is 4. The number of aromatic nitrogens is 2. The molecule has 1 N–H and O–H groups in total. The van der Waals surface area contributed by atoms with Gasteiger partial charge in [-0.05, 0) is 30.3 Å². The second kappa shape index (κ2) is 9.65. The van der Waals surface area contributed by atoms with Crippen LogP contribution in [0.3, 0.4) is 0 Å². The van der Waals surface area contributed by atoms with E-state index in [1.165, 1.54) is 0 Å². The summed E-state index contributed by atoms with van der Waals surface area (Å²) in [5.74, 6) is 0.650. The molecule has 0 radical (unpaired) electrons. The molecule has 4 heterocycles. The maximum atomic E-state index is 13.7. The lowest BCUT2D eigenvalue weighted by Crippen LogP contribution is -2.33. The van der Waals surface area contributed by atoms with E-state index in [1.54, 1.807) is 30.6 Å². The number of para-hydroxylation sites is 1. The predicted molar refractivity (Wildman–Crippen MR) is 144 cm³/mol. The molecule has 1 saturated heterocycles. The summed E-state index contributed by atoms with van der Waals surface area (Å²) in [6, 6.07) is 14.6. The van der Waals surface area contributed by atoms with Crippen LogP contribution in [0, 0.1) is 0 Å². The molecule has 4 aromatic rings. The number of fused-ring (bicyclic) bond motifs is 2. The molecule has 2 aromatic heterocycles. The smallest absolute Gasteiger partial charge is 0.255 e. The van der Waals surface area contributed by atoms with Crippen molar-refractivity contribution in [2.45, 2.75) is 18.9 Å². The van der Waals surface area contributed by atoms with Crippen molar-refractivity contribution in [3.63, 3.8) is 0 Å². The van der Waals surface area contributed by atoms with E-state index >= 15 is 0 Å². The molecule has 6 rings (SSSR count). The highest BCUT2D eigenvalue weighted by Gasteiger charge is 2.29. The summed E-state index contributed by atoms with van der Waals surface area (Å²) in [5, 5.41) is 4.87. The first-order valence-corrected chi connectivity index (χ1v) is 12.8. The molecule has 1 atom stereocenters. The molecule has 7 nitrogen and oxygen atoms in total. The maximum Gasteiger partial charge on any atom is 0.255 e. The zero-order valence-corrected chi connectivity index (χ0v) is 21.2. The molecule has 9 heteroatoms. The highest BCUT2D eigenvalue weighted by atomic mass is 35.5. The summed E-state index contributed by atoms with van der Waals surface area (Å²) in [4.78, 5) is 37.2. The predicted octanol–water partition coefficient (Wildman–Crippen LogP) is 5.64. The van der Waals surface area contributed by atoms with Crippen molar-refractivity contribution in [1.82, 2.24) is 15.3 Å². The molecule has 0 saturated carbocycles. The molecule has 0 aliphatic carbocycles. The molecular formula is C28H22Cl2N4O3. The number of carbonyl (C=O) groups excluding carboxylic acids is 2. The Bertz CT molecular complexity index is 1540. The average Bonchev–Trinajstić information content (AvgIpc) is 3.33. The molecule has 0 unspecified atom stereocenters. The van der Waals surface area contributed by atoms with E-state index in [9.17, 15) is 9.59 Å². The Labute approximate surface area is 223 Å². The molecule has 0 spiro atoms. The fourth-order valence-electron chi connectivity index (χ4n) is 5.07. The molecule has 2 aliphatic heterocycles. The number of ketones is 1. The summed E-state index contributed by atoms with van der Waals surface area (Å²) in [7, 11) is 0. The van der Waals surface area contributed by atoms with Crippen LogP contribution >= 0.6 is 23.2 Å². The Hall–Kier alpha value is -3.68. The van der Waals surface area contributed by atoms with Gasteiger partial charge in [0.25, 0.3) is 5.91 Å². The number of carbonyl (C=O) groups is 2.